The number of amides is 1. The van der Waals surface area contributed by atoms with E-state index in [-0.39, 0.29) is 10.9 Å². The van der Waals surface area contributed by atoms with Gasteiger partial charge < -0.3 is 9.64 Å². The Morgan fingerprint density at radius 2 is 1.96 bits per heavy atom. The zero-order valence-electron chi connectivity index (χ0n) is 14.1. The van der Waals surface area contributed by atoms with E-state index in [4.69, 9.17) is 4.74 Å². The highest BCUT2D eigenvalue weighted by atomic mass is 79.9. The molecule has 1 amide bonds. The maximum atomic E-state index is 12.4. The van der Waals surface area contributed by atoms with Gasteiger partial charge in [0, 0.05) is 24.5 Å². The molecular weight excluding hydrogens is 396 g/mol. The minimum absolute atomic E-state index is 0.225. The minimum atomic E-state index is -3.60. The van der Waals surface area contributed by atoms with Gasteiger partial charge in [-0.25, -0.2) is 17.9 Å². The molecule has 0 radical (unpaired) electrons. The van der Waals surface area contributed by atoms with Crippen LogP contribution < -0.4 is 4.72 Å². The molecule has 2 rings (SSSR count). The van der Waals surface area contributed by atoms with E-state index in [1.165, 1.54) is 4.90 Å². The van der Waals surface area contributed by atoms with Crippen LogP contribution in [0.15, 0.2) is 29.2 Å². The molecule has 1 fully saturated rings. The fourth-order valence-corrected chi connectivity index (χ4v) is 4.03. The number of ether oxygens (including phenoxy) is 1. The molecule has 1 aliphatic rings. The van der Waals surface area contributed by atoms with Gasteiger partial charge in [-0.15, -0.1) is 0 Å². The van der Waals surface area contributed by atoms with E-state index < -0.39 is 21.7 Å². The molecule has 0 aliphatic carbocycles. The highest BCUT2D eigenvalue weighted by molar-refractivity contribution is 9.08. The van der Waals surface area contributed by atoms with Gasteiger partial charge in [0.2, 0.25) is 10.0 Å². The van der Waals surface area contributed by atoms with E-state index in [0.29, 0.717) is 24.8 Å². The van der Waals surface area contributed by atoms with Crippen LogP contribution in [0.25, 0.3) is 0 Å². The molecule has 1 saturated heterocycles. The van der Waals surface area contributed by atoms with Gasteiger partial charge in [0.05, 0.1) is 4.90 Å². The van der Waals surface area contributed by atoms with Crippen LogP contribution in [-0.2, 0) is 20.1 Å². The number of carbonyl (C=O) groups excluding carboxylic acids is 1. The summed E-state index contributed by atoms with van der Waals surface area (Å²) in [5.41, 5.74) is 0.442. The van der Waals surface area contributed by atoms with E-state index in [0.717, 1.165) is 5.56 Å². The highest BCUT2D eigenvalue weighted by Crippen LogP contribution is 2.18. The van der Waals surface area contributed by atoms with Gasteiger partial charge in [-0.05, 0) is 44.9 Å². The van der Waals surface area contributed by atoms with E-state index in [1.54, 1.807) is 45.0 Å². The number of halogens is 1. The Morgan fingerprint density at radius 3 is 2.50 bits per heavy atom. The normalized spacial score (nSPS) is 18.7. The second-order valence-electron chi connectivity index (χ2n) is 6.81. The van der Waals surface area contributed by atoms with Crippen LogP contribution >= 0.6 is 15.9 Å². The molecule has 6 nitrogen and oxygen atoms in total. The van der Waals surface area contributed by atoms with Gasteiger partial charge in [0.1, 0.15) is 5.60 Å². The standard InChI is InChI=1S/C16H23BrN2O4S/c1-16(2,3)23-15(20)19-9-8-13(11-19)18-24(21,22)14-6-4-12(10-17)5-7-14/h4-7,13,18H,8-11H2,1-3H3. The second kappa shape index (κ2) is 7.41. The first-order valence-electron chi connectivity index (χ1n) is 7.76. The Morgan fingerprint density at radius 1 is 1.33 bits per heavy atom. The fourth-order valence-electron chi connectivity index (χ4n) is 2.39. The van der Waals surface area contributed by atoms with Crippen molar-refractivity contribution in [1.82, 2.24) is 9.62 Å². The summed E-state index contributed by atoms with van der Waals surface area (Å²) in [7, 11) is -3.60. The van der Waals surface area contributed by atoms with Crippen molar-refractivity contribution >= 4 is 32.0 Å². The zero-order chi connectivity index (χ0) is 18.0. The molecule has 0 saturated carbocycles. The van der Waals surface area contributed by atoms with Crippen LogP contribution in [0.1, 0.15) is 32.8 Å². The lowest BCUT2D eigenvalue weighted by Gasteiger charge is -2.24. The summed E-state index contributed by atoms with van der Waals surface area (Å²) in [6, 6.07) is 6.40. The molecule has 1 aromatic carbocycles. The molecule has 0 aromatic heterocycles. The molecule has 1 aromatic rings. The Balaban J connectivity index is 1.97. The number of nitrogens with one attached hydrogen (secondary N) is 1. The van der Waals surface area contributed by atoms with Crippen molar-refractivity contribution in [1.29, 1.82) is 0 Å². The van der Waals surface area contributed by atoms with Crippen LogP contribution in [-0.4, -0.2) is 44.1 Å². The molecule has 8 heteroatoms. The lowest BCUT2D eigenvalue weighted by Crippen LogP contribution is -2.40. The summed E-state index contributed by atoms with van der Waals surface area (Å²) in [6.45, 7) is 6.20. The Hall–Kier alpha value is -1.12. The summed E-state index contributed by atoms with van der Waals surface area (Å²) in [5, 5.41) is 0.675. The van der Waals surface area contributed by atoms with Gasteiger partial charge in [-0.2, -0.15) is 0 Å². The molecule has 0 spiro atoms. The predicted octanol–water partition coefficient (Wildman–Crippen LogP) is 2.87. The lowest BCUT2D eigenvalue weighted by atomic mass is 10.2. The molecule has 1 atom stereocenters. The molecule has 134 valence electrons. The molecule has 1 N–H and O–H groups in total. The van der Waals surface area contributed by atoms with Crippen LogP contribution in [0.4, 0.5) is 4.79 Å². The Kier molecular flexibility index (Phi) is 5.93. The summed E-state index contributed by atoms with van der Waals surface area (Å²) in [6.07, 6.45) is 0.156. The topological polar surface area (TPSA) is 75.7 Å². The maximum Gasteiger partial charge on any atom is 0.410 e. The first kappa shape index (κ1) is 19.2. The smallest absolute Gasteiger partial charge is 0.410 e. The third-order valence-corrected chi connectivity index (χ3v) is 5.73. The first-order valence-corrected chi connectivity index (χ1v) is 10.4. The number of nitrogens with zero attached hydrogens (tertiary/aromatic N) is 1. The van der Waals surface area contributed by atoms with Gasteiger partial charge >= 0.3 is 6.09 Å². The van der Waals surface area contributed by atoms with Crippen LogP contribution in [0.2, 0.25) is 0 Å². The van der Waals surface area contributed by atoms with Crippen molar-refractivity contribution < 1.29 is 17.9 Å². The van der Waals surface area contributed by atoms with Crippen LogP contribution in [0, 0.1) is 0 Å². The average molecular weight is 419 g/mol. The van der Waals surface area contributed by atoms with Gasteiger partial charge in [0.25, 0.3) is 0 Å². The summed E-state index contributed by atoms with van der Waals surface area (Å²) in [5.74, 6) is 0. The monoisotopic (exact) mass is 418 g/mol. The summed E-state index contributed by atoms with van der Waals surface area (Å²) in [4.78, 5) is 13.8. The second-order valence-corrected chi connectivity index (χ2v) is 9.09. The zero-order valence-corrected chi connectivity index (χ0v) is 16.5. The van der Waals surface area contributed by atoms with E-state index >= 15 is 0 Å². The summed E-state index contributed by atoms with van der Waals surface area (Å²) < 4.78 is 32.9. The minimum Gasteiger partial charge on any atom is -0.444 e. The first-order chi connectivity index (χ1) is 11.1. The number of hydrogen-bond donors (Lipinski definition) is 1. The van der Waals surface area contributed by atoms with Crippen LogP contribution in [0.5, 0.6) is 0 Å². The van der Waals surface area contributed by atoms with Gasteiger partial charge in [-0.1, -0.05) is 28.1 Å². The Bertz CT molecular complexity index is 683. The predicted molar refractivity (Wildman–Crippen MR) is 95.6 cm³/mol. The van der Waals surface area contributed by atoms with Crippen molar-refractivity contribution in [2.45, 2.75) is 49.1 Å². The van der Waals surface area contributed by atoms with Crippen molar-refractivity contribution in [2.75, 3.05) is 13.1 Å². The Labute approximate surface area is 151 Å². The molecule has 1 aliphatic heterocycles. The number of likely N-dealkylation sites (tertiary alicyclic amines) is 1. The fraction of sp³-hybridized carbons (Fsp3) is 0.562. The number of rotatable bonds is 4. The van der Waals surface area contributed by atoms with Crippen molar-refractivity contribution in [3.05, 3.63) is 29.8 Å². The van der Waals surface area contributed by atoms with Crippen molar-refractivity contribution in [2.24, 2.45) is 0 Å². The van der Waals surface area contributed by atoms with Crippen molar-refractivity contribution in [3.8, 4) is 0 Å². The number of carbonyl (C=O) groups is 1. The third kappa shape index (κ3) is 5.19. The third-order valence-electron chi connectivity index (χ3n) is 3.55. The highest BCUT2D eigenvalue weighted by Gasteiger charge is 2.32. The lowest BCUT2D eigenvalue weighted by molar-refractivity contribution is 0.0292. The number of sulfonamides is 1. The molecular formula is C16H23BrN2O4S. The van der Waals surface area contributed by atoms with Crippen molar-refractivity contribution in [3.63, 3.8) is 0 Å². The quantitative estimate of drug-likeness (QED) is 0.762. The van der Waals surface area contributed by atoms with Gasteiger partial charge in [0.15, 0.2) is 0 Å². The van der Waals surface area contributed by atoms with Crippen LogP contribution in [0.3, 0.4) is 0 Å². The van der Waals surface area contributed by atoms with E-state index in [9.17, 15) is 13.2 Å². The maximum absolute atomic E-state index is 12.4. The molecule has 0 bridgehead atoms. The number of benzene rings is 1. The van der Waals surface area contributed by atoms with E-state index in [1.807, 2.05) is 0 Å². The molecule has 24 heavy (non-hydrogen) atoms. The SMILES string of the molecule is CC(C)(C)OC(=O)N1CCC(NS(=O)(=O)c2ccc(CBr)cc2)C1. The number of alkyl halides is 1. The van der Waals surface area contributed by atoms with Gasteiger partial charge in [-0.3, -0.25) is 0 Å². The average Bonchev–Trinajstić information content (AvgIpc) is 2.93. The van der Waals surface area contributed by atoms with E-state index in [2.05, 4.69) is 20.7 Å². The number of hydrogen-bond acceptors (Lipinski definition) is 4. The molecule has 1 heterocycles. The summed E-state index contributed by atoms with van der Waals surface area (Å²) >= 11 is 3.33. The largest absolute Gasteiger partial charge is 0.444 e. The molecule has 1 unspecified atom stereocenters.